The van der Waals surface area contributed by atoms with Crippen molar-refractivity contribution in [1.29, 1.82) is 0 Å². The molecule has 0 fully saturated rings. The quantitative estimate of drug-likeness (QED) is 0.172. The van der Waals surface area contributed by atoms with Crippen molar-refractivity contribution < 1.29 is 43.9 Å². The molecule has 2 N–H and O–H groups in total. The van der Waals surface area contributed by atoms with Crippen LogP contribution in [0.3, 0.4) is 0 Å². The molecule has 0 spiro atoms. The maximum absolute atomic E-state index is 12.7. The zero-order chi connectivity index (χ0) is 25.3. The topological polar surface area (TPSA) is 158 Å². The van der Waals surface area contributed by atoms with E-state index in [4.69, 9.17) is 14.2 Å². The average molecular weight is 485 g/mol. The maximum Gasteiger partial charge on any atom is 0.294 e. The van der Waals surface area contributed by atoms with Crippen LogP contribution in [-0.2, 0) is 36.7 Å². The summed E-state index contributed by atoms with van der Waals surface area (Å²) in [7, 11) is 0. The molecule has 0 bridgehead atoms. The van der Waals surface area contributed by atoms with Crippen LogP contribution in [0, 0.1) is 10.1 Å². The zero-order valence-corrected chi connectivity index (χ0v) is 19.5. The molecule has 0 radical (unpaired) electrons. The molecule has 12 nitrogen and oxygen atoms in total. The molecular formula is C22H32N2O10. The minimum absolute atomic E-state index is 0.0200. The molecule has 1 aliphatic carbocycles. The number of nitrogens with zero attached hydrogens (tertiary/aromatic N) is 2. The van der Waals surface area contributed by atoms with Crippen LogP contribution in [-0.4, -0.2) is 89.4 Å². The van der Waals surface area contributed by atoms with Crippen LogP contribution in [0.15, 0.2) is 18.2 Å². The van der Waals surface area contributed by atoms with Gasteiger partial charge < -0.3 is 34.2 Å². The van der Waals surface area contributed by atoms with Crippen molar-refractivity contribution in [2.45, 2.75) is 57.5 Å². The van der Waals surface area contributed by atoms with E-state index in [1.54, 1.807) is 32.9 Å². The van der Waals surface area contributed by atoms with Gasteiger partial charge in [-0.1, -0.05) is 12.1 Å². The van der Waals surface area contributed by atoms with E-state index in [-0.39, 0.29) is 45.9 Å². The lowest BCUT2D eigenvalue weighted by molar-refractivity contribution is -0.758. The van der Waals surface area contributed by atoms with Crippen molar-refractivity contribution in [2.75, 3.05) is 33.0 Å². The Hall–Kier alpha value is -2.96. The van der Waals surface area contributed by atoms with Gasteiger partial charge in [-0.2, -0.15) is 0 Å². The van der Waals surface area contributed by atoms with Gasteiger partial charge >= 0.3 is 0 Å². The molecule has 190 valence electrons. The predicted octanol–water partition coefficient (Wildman–Crippen LogP) is 0.279. The highest BCUT2D eigenvalue weighted by atomic mass is 17.0. The van der Waals surface area contributed by atoms with Gasteiger partial charge in [0.2, 0.25) is 5.91 Å². The third kappa shape index (κ3) is 8.12. The number of amides is 1. The second-order valence-electron chi connectivity index (χ2n) is 8.89. The van der Waals surface area contributed by atoms with Gasteiger partial charge in [0.05, 0.1) is 25.4 Å². The average Bonchev–Trinajstić information content (AvgIpc) is 2.75. The smallest absolute Gasteiger partial charge is 0.294 e. The summed E-state index contributed by atoms with van der Waals surface area (Å²) in [5.74, 6) is 0.105. The number of carbonyl (C=O) groups excluding carboxylic acids is 2. The fraction of sp³-hybridized carbons (Fsp3) is 0.636. The van der Waals surface area contributed by atoms with Crippen LogP contribution in [0.2, 0.25) is 0 Å². The standard InChI is InChI=1S/C22H32N2O10/c1-22(2,3)23(21(28)13-31-7-8-34-24(29)30)11-16(33-14-25)12-32-20-6-4-5-15-9-18(26)19(27)10-17(15)20/h4-6,14,16,18-19,26-27H,7-13H2,1-3H3. The Morgan fingerprint density at radius 1 is 1.26 bits per heavy atom. The monoisotopic (exact) mass is 484 g/mol. The molecule has 12 heteroatoms. The van der Waals surface area contributed by atoms with E-state index in [1.807, 2.05) is 6.07 Å². The first-order valence-electron chi connectivity index (χ1n) is 10.9. The van der Waals surface area contributed by atoms with Crippen molar-refractivity contribution in [3.8, 4) is 5.75 Å². The Balaban J connectivity index is 2.02. The van der Waals surface area contributed by atoms with Gasteiger partial charge in [0, 0.05) is 23.9 Å². The van der Waals surface area contributed by atoms with Gasteiger partial charge in [0.15, 0.2) is 6.10 Å². The largest absolute Gasteiger partial charge is 0.489 e. The van der Waals surface area contributed by atoms with Gasteiger partial charge in [-0.3, -0.25) is 9.59 Å². The lowest BCUT2D eigenvalue weighted by Crippen LogP contribution is -2.52. The van der Waals surface area contributed by atoms with E-state index in [9.17, 15) is 29.9 Å². The normalized spacial score (nSPS) is 18.4. The Labute approximate surface area is 197 Å². The lowest BCUT2D eigenvalue weighted by atomic mass is 9.87. The van der Waals surface area contributed by atoms with Crippen LogP contribution in [0.4, 0.5) is 0 Å². The van der Waals surface area contributed by atoms with Crippen LogP contribution >= 0.6 is 0 Å². The molecule has 34 heavy (non-hydrogen) atoms. The number of aliphatic hydroxyl groups excluding tert-OH is 2. The molecule has 1 aromatic rings. The van der Waals surface area contributed by atoms with Crippen molar-refractivity contribution >= 4 is 12.4 Å². The summed E-state index contributed by atoms with van der Waals surface area (Å²) in [5.41, 5.74) is 1.00. The lowest BCUT2D eigenvalue weighted by Gasteiger charge is -2.37. The molecule has 1 aromatic carbocycles. The number of carbonyl (C=O) groups is 2. The van der Waals surface area contributed by atoms with Gasteiger partial charge in [0.25, 0.3) is 11.6 Å². The van der Waals surface area contributed by atoms with Crippen molar-refractivity contribution in [2.24, 2.45) is 0 Å². The Bertz CT molecular complexity index is 841. The molecule has 0 aliphatic heterocycles. The second kappa shape index (κ2) is 12.5. The molecule has 2 rings (SSSR count). The summed E-state index contributed by atoms with van der Waals surface area (Å²) in [5, 5.41) is 29.2. The van der Waals surface area contributed by atoms with E-state index in [2.05, 4.69) is 4.84 Å². The highest BCUT2D eigenvalue weighted by Gasteiger charge is 2.31. The van der Waals surface area contributed by atoms with Gasteiger partial charge in [-0.15, -0.1) is 10.1 Å². The van der Waals surface area contributed by atoms with Crippen molar-refractivity contribution in [1.82, 2.24) is 4.90 Å². The summed E-state index contributed by atoms with van der Waals surface area (Å²) in [6.07, 6.45) is -2.00. The van der Waals surface area contributed by atoms with E-state index in [1.165, 1.54) is 4.90 Å². The number of benzene rings is 1. The predicted molar refractivity (Wildman–Crippen MR) is 118 cm³/mol. The van der Waals surface area contributed by atoms with E-state index in [0.29, 0.717) is 12.2 Å². The maximum atomic E-state index is 12.7. The van der Waals surface area contributed by atoms with Crippen LogP contribution in [0.1, 0.15) is 31.9 Å². The summed E-state index contributed by atoms with van der Waals surface area (Å²) in [6, 6.07) is 5.36. The fourth-order valence-electron chi connectivity index (χ4n) is 3.63. The van der Waals surface area contributed by atoms with Crippen LogP contribution < -0.4 is 4.74 Å². The molecular weight excluding hydrogens is 452 g/mol. The zero-order valence-electron chi connectivity index (χ0n) is 19.5. The number of aliphatic hydroxyl groups is 2. The highest BCUT2D eigenvalue weighted by Crippen LogP contribution is 2.30. The third-order valence-electron chi connectivity index (χ3n) is 5.34. The number of ether oxygens (including phenoxy) is 3. The van der Waals surface area contributed by atoms with Gasteiger partial charge in [0.1, 0.15) is 25.6 Å². The molecule has 0 heterocycles. The van der Waals surface area contributed by atoms with Gasteiger partial charge in [-0.25, -0.2) is 0 Å². The van der Waals surface area contributed by atoms with E-state index >= 15 is 0 Å². The minimum Gasteiger partial charge on any atom is -0.489 e. The summed E-state index contributed by atoms with van der Waals surface area (Å²) >= 11 is 0. The summed E-state index contributed by atoms with van der Waals surface area (Å²) in [6.45, 7) is 4.90. The summed E-state index contributed by atoms with van der Waals surface area (Å²) < 4.78 is 16.2. The number of rotatable bonds is 13. The van der Waals surface area contributed by atoms with E-state index in [0.717, 1.165) is 11.1 Å². The highest BCUT2D eigenvalue weighted by molar-refractivity contribution is 5.78. The van der Waals surface area contributed by atoms with Crippen LogP contribution in [0.5, 0.6) is 5.75 Å². The van der Waals surface area contributed by atoms with Crippen molar-refractivity contribution in [3.63, 3.8) is 0 Å². The third-order valence-corrected chi connectivity index (χ3v) is 5.34. The molecule has 0 aromatic heterocycles. The Kier molecular flexibility index (Phi) is 10.0. The first-order valence-corrected chi connectivity index (χ1v) is 10.9. The molecule has 3 atom stereocenters. The van der Waals surface area contributed by atoms with Crippen molar-refractivity contribution in [3.05, 3.63) is 39.4 Å². The SMILES string of the molecule is CC(C)(C)N(CC(COc1cccc2c1CC(O)C(O)C2)OC=O)C(=O)COCCO[N+](=O)[O-]. The summed E-state index contributed by atoms with van der Waals surface area (Å²) in [4.78, 5) is 39.6. The Morgan fingerprint density at radius 2 is 1.97 bits per heavy atom. The van der Waals surface area contributed by atoms with Gasteiger partial charge in [-0.05, 0) is 32.4 Å². The number of fused-ring (bicyclic) bond motifs is 1. The molecule has 0 saturated carbocycles. The second-order valence-corrected chi connectivity index (χ2v) is 8.89. The molecule has 1 amide bonds. The minimum atomic E-state index is -0.944. The first-order chi connectivity index (χ1) is 16.0. The fourth-order valence-corrected chi connectivity index (χ4v) is 3.63. The van der Waals surface area contributed by atoms with Crippen LogP contribution in [0.25, 0.3) is 0 Å². The molecule has 0 saturated heterocycles. The first kappa shape index (κ1) is 27.3. The number of hydrogen-bond acceptors (Lipinski definition) is 10. The Morgan fingerprint density at radius 3 is 2.62 bits per heavy atom. The van der Waals surface area contributed by atoms with E-state index < -0.39 is 34.8 Å². The number of hydrogen-bond donors (Lipinski definition) is 2. The molecule has 3 unspecified atom stereocenters. The molecule has 1 aliphatic rings.